The molecule has 4 rings (SSSR count). The van der Waals surface area contributed by atoms with Crippen LogP contribution in [0.1, 0.15) is 36.9 Å². The third-order valence-electron chi connectivity index (χ3n) is 7.28. The summed E-state index contributed by atoms with van der Waals surface area (Å²) in [6.07, 6.45) is -3.85. The Bertz CT molecular complexity index is 1250. The quantitative estimate of drug-likeness (QED) is 0.515. The summed E-state index contributed by atoms with van der Waals surface area (Å²) in [5, 5.41) is 11.5. The van der Waals surface area contributed by atoms with Gasteiger partial charge in [0.25, 0.3) is 10.2 Å². The van der Waals surface area contributed by atoms with Crippen molar-refractivity contribution in [2.75, 3.05) is 45.9 Å². The number of halogens is 4. The zero-order valence-corrected chi connectivity index (χ0v) is 22.0. The zero-order chi connectivity index (χ0) is 28.5. The van der Waals surface area contributed by atoms with Crippen LogP contribution < -0.4 is 5.32 Å². The van der Waals surface area contributed by atoms with E-state index in [1.807, 2.05) is 6.07 Å². The Labute approximate surface area is 223 Å². The number of rotatable bonds is 6. The van der Waals surface area contributed by atoms with Gasteiger partial charge in [-0.2, -0.15) is 35.5 Å². The first-order valence-corrected chi connectivity index (χ1v) is 13.9. The van der Waals surface area contributed by atoms with Crippen molar-refractivity contribution in [1.82, 2.24) is 18.8 Å². The first kappa shape index (κ1) is 29.2. The molecule has 39 heavy (non-hydrogen) atoms. The molecule has 0 aliphatic carbocycles. The maximum atomic E-state index is 14.4. The van der Waals surface area contributed by atoms with Crippen LogP contribution >= 0.6 is 0 Å². The Morgan fingerprint density at radius 1 is 1.18 bits per heavy atom. The highest BCUT2D eigenvalue weighted by molar-refractivity contribution is 7.86. The molecule has 0 saturated carbocycles. The summed E-state index contributed by atoms with van der Waals surface area (Å²) in [4.78, 5) is 27.9. The first-order valence-electron chi connectivity index (χ1n) is 12.5. The van der Waals surface area contributed by atoms with Gasteiger partial charge in [-0.15, -0.1) is 0 Å². The van der Waals surface area contributed by atoms with E-state index in [0.29, 0.717) is 18.9 Å². The van der Waals surface area contributed by atoms with Crippen LogP contribution in [0, 0.1) is 29.0 Å². The highest BCUT2D eigenvalue weighted by Gasteiger charge is 2.44. The predicted molar refractivity (Wildman–Crippen MR) is 128 cm³/mol. The second-order valence-electron chi connectivity index (χ2n) is 9.93. The Kier molecular flexibility index (Phi) is 8.50. The van der Waals surface area contributed by atoms with E-state index in [9.17, 15) is 35.6 Å². The largest absolute Gasteiger partial charge is 0.416 e. The average molecular weight is 576 g/mol. The molecule has 3 aliphatic heterocycles. The van der Waals surface area contributed by atoms with E-state index in [-0.39, 0.29) is 57.4 Å². The van der Waals surface area contributed by atoms with Crippen molar-refractivity contribution in [2.24, 2.45) is 11.8 Å². The lowest BCUT2D eigenvalue weighted by Crippen LogP contribution is -2.60. The number of morpholine rings is 1. The van der Waals surface area contributed by atoms with Gasteiger partial charge in [-0.25, -0.2) is 4.39 Å². The van der Waals surface area contributed by atoms with E-state index in [1.54, 1.807) is 0 Å². The molecule has 2 amide bonds. The maximum Gasteiger partial charge on any atom is 0.416 e. The summed E-state index contributed by atoms with van der Waals surface area (Å²) >= 11 is 0. The predicted octanol–water partition coefficient (Wildman–Crippen LogP) is 1.66. The fourth-order valence-corrected chi connectivity index (χ4v) is 6.78. The van der Waals surface area contributed by atoms with Gasteiger partial charge in [0.1, 0.15) is 11.9 Å². The minimum absolute atomic E-state index is 0.0618. The molecule has 3 atom stereocenters. The molecule has 3 aliphatic rings. The van der Waals surface area contributed by atoms with Crippen LogP contribution in [0.25, 0.3) is 0 Å². The molecule has 3 heterocycles. The van der Waals surface area contributed by atoms with Gasteiger partial charge in [0, 0.05) is 38.3 Å². The highest BCUT2D eigenvalue weighted by atomic mass is 32.2. The first-order chi connectivity index (χ1) is 18.3. The number of alkyl halides is 3. The monoisotopic (exact) mass is 575 g/mol. The van der Waals surface area contributed by atoms with Gasteiger partial charge < -0.3 is 15.0 Å². The number of nitriles is 1. The van der Waals surface area contributed by atoms with E-state index < -0.39 is 57.6 Å². The standard InChI is InChI=1S/C24H29F4N5O5S/c1-15(19-5-4-18(9-20(19)25)24(26,27)28)30-22(34)21-14-38-8-7-33(21)23(35)17-3-2-6-31(13-17)39(36,37)32-11-16(10-29)12-32/h4-5,9,15-17,21H,2-3,6-8,11-14H2,1H3,(H,30,34)/t15-,17+,21-/m1/s1. The third kappa shape index (κ3) is 6.19. The molecule has 3 fully saturated rings. The fraction of sp³-hybridized carbons (Fsp3) is 0.625. The summed E-state index contributed by atoms with van der Waals surface area (Å²) in [6, 6.07) is 1.99. The summed E-state index contributed by atoms with van der Waals surface area (Å²) in [7, 11) is -3.82. The number of carbonyl (C=O) groups excluding carboxylic acids is 2. The number of amides is 2. The van der Waals surface area contributed by atoms with Crippen LogP contribution in [0.5, 0.6) is 0 Å². The number of hydrogen-bond acceptors (Lipinski definition) is 6. The van der Waals surface area contributed by atoms with Gasteiger partial charge in [0.05, 0.1) is 42.7 Å². The summed E-state index contributed by atoms with van der Waals surface area (Å²) in [5.74, 6) is -3.26. The minimum Gasteiger partial charge on any atom is -0.377 e. The third-order valence-corrected chi connectivity index (χ3v) is 9.22. The molecule has 0 unspecified atom stereocenters. The lowest BCUT2D eigenvalue weighted by atomic mass is 9.97. The van der Waals surface area contributed by atoms with Crippen LogP contribution in [0.3, 0.4) is 0 Å². The second-order valence-corrected chi connectivity index (χ2v) is 11.9. The molecule has 1 aromatic rings. The number of piperidine rings is 1. The van der Waals surface area contributed by atoms with Crippen LogP contribution in [0.4, 0.5) is 17.6 Å². The van der Waals surface area contributed by atoms with Gasteiger partial charge in [-0.1, -0.05) is 6.07 Å². The maximum absolute atomic E-state index is 14.4. The van der Waals surface area contributed by atoms with E-state index >= 15 is 0 Å². The molecule has 3 saturated heterocycles. The van der Waals surface area contributed by atoms with Crippen molar-refractivity contribution in [1.29, 1.82) is 5.26 Å². The van der Waals surface area contributed by atoms with E-state index in [0.717, 1.165) is 12.1 Å². The van der Waals surface area contributed by atoms with Crippen molar-refractivity contribution >= 4 is 22.0 Å². The van der Waals surface area contributed by atoms with Crippen molar-refractivity contribution in [3.63, 3.8) is 0 Å². The van der Waals surface area contributed by atoms with Gasteiger partial charge in [0.2, 0.25) is 11.8 Å². The van der Waals surface area contributed by atoms with E-state index in [1.165, 1.54) is 20.4 Å². The molecular formula is C24H29F4N5O5S. The number of carbonyl (C=O) groups is 2. The molecule has 0 radical (unpaired) electrons. The number of benzene rings is 1. The molecule has 1 aromatic carbocycles. The SMILES string of the molecule is C[C@@H](NC(=O)[C@H]1COCCN1C(=O)[C@H]1CCCN(S(=O)(=O)N2CC(C#N)C2)C1)c1ccc(C(F)(F)F)cc1F. The normalized spacial score (nSPS) is 24.5. The van der Waals surface area contributed by atoms with Gasteiger partial charge in [-0.05, 0) is 31.9 Å². The number of hydrogen-bond donors (Lipinski definition) is 1. The Morgan fingerprint density at radius 2 is 1.90 bits per heavy atom. The van der Waals surface area contributed by atoms with Crippen LogP contribution in [0.2, 0.25) is 0 Å². The van der Waals surface area contributed by atoms with Crippen molar-refractivity contribution < 1.29 is 40.3 Å². The highest BCUT2D eigenvalue weighted by Crippen LogP contribution is 2.32. The van der Waals surface area contributed by atoms with E-state index in [2.05, 4.69) is 5.32 Å². The van der Waals surface area contributed by atoms with Crippen molar-refractivity contribution in [2.45, 2.75) is 38.0 Å². The topological polar surface area (TPSA) is 123 Å². The van der Waals surface area contributed by atoms with Gasteiger partial charge in [0.15, 0.2) is 0 Å². The fourth-order valence-electron chi connectivity index (χ4n) is 4.99. The van der Waals surface area contributed by atoms with Crippen LogP contribution in [0.15, 0.2) is 18.2 Å². The van der Waals surface area contributed by atoms with Gasteiger partial charge >= 0.3 is 6.18 Å². The van der Waals surface area contributed by atoms with Crippen LogP contribution in [-0.2, 0) is 30.7 Å². The molecule has 1 N–H and O–H groups in total. The molecule has 0 spiro atoms. The Balaban J connectivity index is 1.42. The number of nitrogens with one attached hydrogen (secondary N) is 1. The zero-order valence-electron chi connectivity index (χ0n) is 21.2. The Morgan fingerprint density at radius 3 is 2.54 bits per heavy atom. The van der Waals surface area contributed by atoms with Crippen molar-refractivity contribution in [3.05, 3.63) is 35.1 Å². The molecule has 10 nitrogen and oxygen atoms in total. The summed E-state index contributed by atoms with van der Waals surface area (Å²) in [6.45, 7) is 1.91. The minimum atomic E-state index is -4.71. The number of ether oxygens (including phenoxy) is 1. The lowest BCUT2D eigenvalue weighted by Gasteiger charge is -2.42. The molecule has 214 valence electrons. The number of nitrogens with zero attached hydrogens (tertiary/aromatic N) is 4. The molecule has 0 aromatic heterocycles. The van der Waals surface area contributed by atoms with E-state index in [4.69, 9.17) is 10.00 Å². The molecular weight excluding hydrogens is 546 g/mol. The smallest absolute Gasteiger partial charge is 0.377 e. The van der Waals surface area contributed by atoms with Crippen LogP contribution in [-0.4, -0.2) is 85.7 Å². The average Bonchev–Trinajstić information content (AvgIpc) is 2.87. The lowest BCUT2D eigenvalue weighted by molar-refractivity contribution is -0.152. The molecule has 15 heteroatoms. The Hall–Kier alpha value is -2.80. The van der Waals surface area contributed by atoms with Gasteiger partial charge in [-0.3, -0.25) is 9.59 Å². The van der Waals surface area contributed by atoms with Crippen molar-refractivity contribution in [3.8, 4) is 6.07 Å². The summed E-state index contributed by atoms with van der Waals surface area (Å²) < 4.78 is 86.7. The summed E-state index contributed by atoms with van der Waals surface area (Å²) in [5.41, 5.74) is -1.30. The second kappa shape index (κ2) is 11.4. The molecule has 0 bridgehead atoms.